The number of rotatable bonds is 0. The summed E-state index contributed by atoms with van der Waals surface area (Å²) in [6.45, 7) is 0. The summed E-state index contributed by atoms with van der Waals surface area (Å²) in [4.78, 5) is 0. The summed E-state index contributed by atoms with van der Waals surface area (Å²) in [6, 6.07) is 0. The Labute approximate surface area is 86.2 Å². The van der Waals surface area contributed by atoms with E-state index in [1.54, 1.807) is 0 Å². The molecule has 2 radical (unpaired) electrons. The van der Waals surface area contributed by atoms with Gasteiger partial charge in [-0.05, 0) is 0 Å². The summed E-state index contributed by atoms with van der Waals surface area (Å²) >= 11 is 0. The van der Waals surface area contributed by atoms with E-state index in [2.05, 4.69) is 0 Å². The van der Waals surface area contributed by atoms with Crippen molar-refractivity contribution in [3.8, 4) is 0 Å². The zero-order valence-electron chi connectivity index (χ0n) is 3.34. The summed E-state index contributed by atoms with van der Waals surface area (Å²) in [5.74, 6) is 0. The van der Waals surface area contributed by atoms with E-state index in [4.69, 9.17) is 0 Å². The van der Waals surface area contributed by atoms with Crippen LogP contribution in [0.15, 0.2) is 0 Å². The van der Waals surface area contributed by atoms with Gasteiger partial charge in [-0.25, -0.2) is 0 Å². The second kappa shape index (κ2) is 30.5. The first-order chi connectivity index (χ1) is 0. The average molecular weight is 239 g/mol. The van der Waals surface area contributed by atoms with E-state index in [9.17, 15) is 0 Å². The molecule has 0 unspecified atom stereocenters. The summed E-state index contributed by atoms with van der Waals surface area (Å²) in [5, 5.41) is 0. The van der Waals surface area contributed by atoms with Gasteiger partial charge in [-0.15, -0.1) is 0 Å². The van der Waals surface area contributed by atoms with Gasteiger partial charge in [0.15, 0.2) is 0 Å². The van der Waals surface area contributed by atoms with Crippen LogP contribution in [0.2, 0.25) is 0 Å². The van der Waals surface area contributed by atoms with Crippen molar-refractivity contribution in [1.82, 2.24) is 0 Å². The molecule has 0 bridgehead atoms. The van der Waals surface area contributed by atoms with E-state index in [0.29, 0.717) is 0 Å². The molecule has 0 aliphatic rings. The van der Waals surface area contributed by atoms with Crippen LogP contribution in [0.5, 0.6) is 0 Å². The van der Waals surface area contributed by atoms with Crippen molar-refractivity contribution in [3.05, 3.63) is 0 Å². The first-order valence-corrected chi connectivity index (χ1v) is 0. The molecule has 5 heavy (non-hydrogen) atoms. The molecular weight excluding hydrogens is 238 g/mol. The van der Waals surface area contributed by atoms with Gasteiger partial charge < -0.3 is 1.43 Å². The molecule has 0 spiro atoms. The molecule has 0 saturated carbocycles. The third kappa shape index (κ3) is 20.6. The Morgan fingerprint density at radius 2 is 1.00 bits per heavy atom. The largest absolute Gasteiger partial charge is 1.00 e. The van der Waals surface area contributed by atoms with Crippen LogP contribution >= 0.6 is 0 Å². The van der Waals surface area contributed by atoms with Crippen molar-refractivity contribution < 1.29 is 87.1 Å². The first-order valence-electron chi connectivity index (χ1n) is 0. The van der Waals surface area contributed by atoms with Crippen LogP contribution in [0.1, 0.15) is 1.43 Å². The maximum atomic E-state index is 0. The molecule has 0 aliphatic heterocycles. The third-order valence-corrected chi connectivity index (χ3v) is 0. The van der Waals surface area contributed by atoms with Crippen molar-refractivity contribution >= 4 is 0 Å². The molecule has 5 heteroatoms. The third-order valence-electron chi connectivity index (χ3n) is 0. The molecule has 0 aromatic heterocycles. The fourth-order valence-corrected chi connectivity index (χ4v) is 0. The average Bonchev–Trinajstić information content (AvgIpc) is 0. The number of hydrogen-bond acceptors (Lipinski definition) is 0. The van der Waals surface area contributed by atoms with Crippen LogP contribution in [0.25, 0.3) is 0 Å². The van der Waals surface area contributed by atoms with Gasteiger partial charge in [-0.1, -0.05) is 0 Å². The van der Waals surface area contributed by atoms with Gasteiger partial charge in [-0.3, -0.25) is 0 Å². The molecule has 0 saturated heterocycles. The standard InChI is InChI=1S/Co.Li.Mn.2Ni.H/q;+1;;;;-1. The Morgan fingerprint density at radius 1 is 1.00 bits per heavy atom. The molecule has 0 aliphatic carbocycles. The summed E-state index contributed by atoms with van der Waals surface area (Å²) in [7, 11) is 0. The van der Waals surface area contributed by atoms with Gasteiger partial charge in [0.2, 0.25) is 0 Å². The van der Waals surface area contributed by atoms with E-state index in [0.717, 1.165) is 0 Å². The predicted molar refractivity (Wildman–Crippen MR) is 1.11 cm³/mol. The molecule has 0 nitrogen and oxygen atoms in total. The first kappa shape index (κ1) is 48.8. The van der Waals surface area contributed by atoms with Crippen LogP contribution in [0.4, 0.5) is 0 Å². The van der Waals surface area contributed by atoms with Crippen LogP contribution in [0.3, 0.4) is 0 Å². The van der Waals surface area contributed by atoms with Crippen molar-refractivity contribution in [1.29, 1.82) is 0 Å². The monoisotopic (exact) mass is 238 g/mol. The Morgan fingerprint density at radius 3 is 1.00 bits per heavy atom. The smallest absolute Gasteiger partial charge is 1.00 e. The fourth-order valence-electron chi connectivity index (χ4n) is 0. The van der Waals surface area contributed by atoms with Gasteiger partial charge in [-0.2, -0.15) is 0 Å². The molecule has 0 atom stereocenters. The van der Waals surface area contributed by atoms with Gasteiger partial charge >= 0.3 is 18.9 Å². The quantitative estimate of drug-likeness (QED) is 0.398. The van der Waals surface area contributed by atoms with E-state index < -0.39 is 0 Å². The van der Waals surface area contributed by atoms with Gasteiger partial charge in [0.25, 0.3) is 0 Å². The van der Waals surface area contributed by atoms with Crippen LogP contribution < -0.4 is 18.9 Å². The molecule has 0 aromatic rings. The number of hydrogen-bond donors (Lipinski definition) is 0. The molecule has 0 N–H and O–H groups in total. The fraction of sp³-hybridized carbons (Fsp3) is 0. The second-order valence-electron chi connectivity index (χ2n) is 0. The molecule has 38 valence electrons. The van der Waals surface area contributed by atoms with E-state index in [1.165, 1.54) is 0 Å². The minimum Gasteiger partial charge on any atom is -1.00 e. The minimum absolute atomic E-state index is 0. The van der Waals surface area contributed by atoms with Gasteiger partial charge in [0.05, 0.1) is 0 Å². The van der Waals surface area contributed by atoms with Crippen LogP contribution in [-0.4, -0.2) is 0 Å². The van der Waals surface area contributed by atoms with Crippen LogP contribution in [0, 0.1) is 0 Å². The molecule has 0 amide bonds. The Bertz CT molecular complexity index is 13.5. The van der Waals surface area contributed by atoms with Crippen molar-refractivity contribution in [2.24, 2.45) is 0 Å². The van der Waals surface area contributed by atoms with E-state index in [-0.39, 0.29) is 87.1 Å². The maximum Gasteiger partial charge on any atom is 1.00 e. The Hall–Kier alpha value is 2.61. The van der Waals surface area contributed by atoms with Gasteiger partial charge in [0, 0.05) is 66.8 Å². The molecule has 0 rings (SSSR count). The van der Waals surface area contributed by atoms with Crippen molar-refractivity contribution in [3.63, 3.8) is 0 Å². The van der Waals surface area contributed by atoms with Crippen molar-refractivity contribution in [2.45, 2.75) is 0 Å². The zero-order chi connectivity index (χ0) is 0. The molecule has 0 fully saturated rings. The zero-order valence-corrected chi connectivity index (χ0v) is 6.54. The minimum atomic E-state index is 0. The topological polar surface area (TPSA) is 0 Å². The SMILES string of the molecule is [Co].[H-].[Li+].[Mn].[Ni].[Ni]. The summed E-state index contributed by atoms with van der Waals surface area (Å²) < 4.78 is 0. The second-order valence-corrected chi connectivity index (χ2v) is 0. The molecular formula is HCoLiMnNi2. The normalized spacial score (nSPS) is 0. The summed E-state index contributed by atoms with van der Waals surface area (Å²) in [6.07, 6.45) is 0. The van der Waals surface area contributed by atoms with Gasteiger partial charge in [0.1, 0.15) is 0 Å². The Kier molecular flexibility index (Phi) is 298. The van der Waals surface area contributed by atoms with Crippen molar-refractivity contribution in [2.75, 3.05) is 0 Å². The maximum absolute atomic E-state index is 0. The van der Waals surface area contributed by atoms with E-state index in [1.807, 2.05) is 0 Å². The van der Waals surface area contributed by atoms with Crippen LogP contribution in [-0.2, 0) is 66.8 Å². The van der Waals surface area contributed by atoms with E-state index >= 15 is 0 Å². The Balaban J connectivity index is 0. The molecule has 0 heterocycles. The molecule has 0 aromatic carbocycles. The summed E-state index contributed by atoms with van der Waals surface area (Å²) in [5.41, 5.74) is 0. The predicted octanol–water partition coefficient (Wildman–Crippen LogP) is -2.89.